The number of benzene rings is 1. The molecule has 116 valence electrons. The van der Waals surface area contributed by atoms with Gasteiger partial charge in [-0.25, -0.2) is 14.8 Å². The predicted octanol–water partition coefficient (Wildman–Crippen LogP) is 2.39. The molecule has 0 fully saturated rings. The third-order valence-electron chi connectivity index (χ3n) is 3.19. The van der Waals surface area contributed by atoms with Crippen LogP contribution in [0.15, 0.2) is 30.3 Å². The van der Waals surface area contributed by atoms with Gasteiger partial charge < -0.3 is 5.11 Å². The fraction of sp³-hybridized carbons (Fsp3) is 0.133. The molecule has 8 nitrogen and oxygen atoms in total. The summed E-state index contributed by atoms with van der Waals surface area (Å²) in [4.78, 5) is 30.9. The number of nitrogens with zero attached hydrogens (tertiary/aromatic N) is 4. The van der Waals surface area contributed by atoms with Gasteiger partial charge in [0.25, 0.3) is 0 Å². The Hall–Kier alpha value is -3.29. The van der Waals surface area contributed by atoms with Gasteiger partial charge in [-0.05, 0) is 19.9 Å². The summed E-state index contributed by atoms with van der Waals surface area (Å²) in [6.45, 7) is 3.21. The lowest BCUT2D eigenvalue weighted by Crippen LogP contribution is -2.11. The van der Waals surface area contributed by atoms with Crippen molar-refractivity contribution >= 4 is 23.3 Å². The van der Waals surface area contributed by atoms with Crippen LogP contribution in [-0.2, 0) is 0 Å². The van der Waals surface area contributed by atoms with Crippen molar-refractivity contribution in [1.29, 1.82) is 0 Å². The maximum atomic E-state index is 11.6. The quantitative estimate of drug-likeness (QED) is 0.719. The molecule has 0 radical (unpaired) electrons. The monoisotopic (exact) mass is 311 g/mol. The van der Waals surface area contributed by atoms with E-state index in [-0.39, 0.29) is 11.6 Å². The van der Waals surface area contributed by atoms with Crippen molar-refractivity contribution in [3.63, 3.8) is 0 Å². The first-order valence-electron chi connectivity index (χ1n) is 6.80. The van der Waals surface area contributed by atoms with E-state index in [0.29, 0.717) is 28.4 Å². The molecule has 0 aliphatic carbocycles. The third kappa shape index (κ3) is 2.86. The summed E-state index contributed by atoms with van der Waals surface area (Å²) in [6.07, 6.45) is -1.22. The highest BCUT2D eigenvalue weighted by Gasteiger charge is 2.13. The summed E-state index contributed by atoms with van der Waals surface area (Å²) in [6, 6.07) is 8.39. The summed E-state index contributed by atoms with van der Waals surface area (Å²) < 4.78 is 1.52. The number of rotatable bonds is 3. The highest BCUT2D eigenvalue weighted by molar-refractivity contribution is 5.95. The Morgan fingerprint density at radius 1 is 1.22 bits per heavy atom. The number of carbonyl (C=O) groups is 2. The number of hydrogen-bond acceptors (Lipinski definition) is 5. The summed E-state index contributed by atoms with van der Waals surface area (Å²) in [5.74, 6) is 0.997. The van der Waals surface area contributed by atoms with Crippen molar-refractivity contribution in [2.45, 2.75) is 13.8 Å². The average Bonchev–Trinajstić information content (AvgIpc) is 2.86. The Morgan fingerprint density at radius 2 is 2.00 bits per heavy atom. The number of fused-ring (bicyclic) bond motifs is 1. The van der Waals surface area contributed by atoms with E-state index in [1.807, 2.05) is 0 Å². The van der Waals surface area contributed by atoms with Gasteiger partial charge in [0.05, 0.1) is 0 Å². The molecule has 3 rings (SSSR count). The van der Waals surface area contributed by atoms with Gasteiger partial charge in [0, 0.05) is 17.2 Å². The molecule has 23 heavy (non-hydrogen) atoms. The number of Topliss-reactive ketones (excluding diaryl/α,β-unsaturated/α-hetero) is 1. The van der Waals surface area contributed by atoms with Gasteiger partial charge in [-0.1, -0.05) is 18.2 Å². The Balaban J connectivity index is 2.24. The van der Waals surface area contributed by atoms with E-state index in [1.165, 1.54) is 17.5 Å². The number of aryl methyl sites for hydroxylation is 1. The van der Waals surface area contributed by atoms with Crippen LogP contribution in [0.2, 0.25) is 0 Å². The zero-order valence-corrected chi connectivity index (χ0v) is 12.4. The number of aromatic nitrogens is 4. The van der Waals surface area contributed by atoms with Crippen molar-refractivity contribution in [3.05, 3.63) is 41.7 Å². The van der Waals surface area contributed by atoms with E-state index < -0.39 is 6.09 Å². The Kier molecular flexibility index (Phi) is 3.49. The summed E-state index contributed by atoms with van der Waals surface area (Å²) >= 11 is 0. The van der Waals surface area contributed by atoms with Crippen LogP contribution in [0.5, 0.6) is 0 Å². The molecular formula is C15H13N5O3. The fourth-order valence-corrected chi connectivity index (χ4v) is 2.23. The van der Waals surface area contributed by atoms with Gasteiger partial charge in [-0.3, -0.25) is 10.1 Å². The largest absolute Gasteiger partial charge is 0.465 e. The van der Waals surface area contributed by atoms with E-state index in [9.17, 15) is 9.59 Å². The molecule has 2 aromatic heterocycles. The molecular weight excluding hydrogens is 298 g/mol. The molecule has 8 heteroatoms. The highest BCUT2D eigenvalue weighted by Crippen LogP contribution is 2.22. The molecule has 0 atom stereocenters. The molecule has 1 aromatic carbocycles. The second kappa shape index (κ2) is 5.48. The van der Waals surface area contributed by atoms with Gasteiger partial charge in [-0.15, -0.1) is 5.10 Å². The van der Waals surface area contributed by atoms with Crippen molar-refractivity contribution in [2.24, 2.45) is 0 Å². The lowest BCUT2D eigenvalue weighted by Gasteiger charge is -2.08. The molecule has 0 saturated heterocycles. The number of carbonyl (C=O) groups excluding carboxylic acids is 1. The van der Waals surface area contributed by atoms with Gasteiger partial charge in [0.1, 0.15) is 11.6 Å². The van der Waals surface area contributed by atoms with Crippen molar-refractivity contribution in [1.82, 2.24) is 19.6 Å². The third-order valence-corrected chi connectivity index (χ3v) is 3.19. The molecule has 1 amide bonds. The Bertz CT molecular complexity index is 932. The van der Waals surface area contributed by atoms with Crippen LogP contribution in [0, 0.1) is 6.92 Å². The number of hydrogen-bond donors (Lipinski definition) is 2. The molecule has 2 heterocycles. The minimum atomic E-state index is -1.22. The van der Waals surface area contributed by atoms with Gasteiger partial charge in [-0.2, -0.15) is 4.52 Å². The minimum absolute atomic E-state index is 0.0716. The van der Waals surface area contributed by atoms with E-state index in [1.54, 1.807) is 31.2 Å². The molecule has 0 aliphatic heterocycles. The summed E-state index contributed by atoms with van der Waals surface area (Å²) in [5, 5.41) is 15.4. The summed E-state index contributed by atoms with van der Waals surface area (Å²) in [7, 11) is 0. The first-order valence-corrected chi connectivity index (χ1v) is 6.80. The molecule has 2 N–H and O–H groups in total. The van der Waals surface area contributed by atoms with Crippen LogP contribution < -0.4 is 5.32 Å². The van der Waals surface area contributed by atoms with E-state index in [2.05, 4.69) is 20.4 Å². The second-order valence-electron chi connectivity index (χ2n) is 4.96. The number of anilines is 1. The van der Waals surface area contributed by atoms with Gasteiger partial charge in [0.2, 0.25) is 0 Å². The molecule has 3 aromatic rings. The Labute approximate surface area is 130 Å². The number of carboxylic acid groups (broad SMARTS) is 1. The van der Waals surface area contributed by atoms with E-state index in [4.69, 9.17) is 5.11 Å². The molecule has 0 bridgehead atoms. The first kappa shape index (κ1) is 14.6. The SMILES string of the molecule is CC(=O)c1cccc(-c2nc(NC(=O)O)cc3nc(C)nn23)c1. The molecule has 0 spiro atoms. The highest BCUT2D eigenvalue weighted by atomic mass is 16.4. The lowest BCUT2D eigenvalue weighted by molar-refractivity contribution is 0.101. The Morgan fingerprint density at radius 3 is 2.70 bits per heavy atom. The maximum Gasteiger partial charge on any atom is 0.410 e. The first-order chi connectivity index (χ1) is 10.9. The van der Waals surface area contributed by atoms with Gasteiger partial charge >= 0.3 is 6.09 Å². The fourth-order valence-electron chi connectivity index (χ4n) is 2.23. The van der Waals surface area contributed by atoms with Crippen molar-refractivity contribution in [3.8, 4) is 11.4 Å². The second-order valence-corrected chi connectivity index (χ2v) is 4.96. The lowest BCUT2D eigenvalue weighted by atomic mass is 10.1. The average molecular weight is 311 g/mol. The molecule has 0 unspecified atom stereocenters. The van der Waals surface area contributed by atoms with Crippen LogP contribution in [0.25, 0.3) is 17.0 Å². The number of amides is 1. The molecule has 0 saturated carbocycles. The van der Waals surface area contributed by atoms with Crippen molar-refractivity contribution < 1.29 is 14.7 Å². The van der Waals surface area contributed by atoms with E-state index in [0.717, 1.165) is 0 Å². The van der Waals surface area contributed by atoms with Crippen LogP contribution in [0.3, 0.4) is 0 Å². The number of ketones is 1. The van der Waals surface area contributed by atoms with Crippen LogP contribution in [0.4, 0.5) is 10.6 Å². The predicted molar refractivity (Wildman–Crippen MR) is 82.6 cm³/mol. The summed E-state index contributed by atoms with van der Waals surface area (Å²) in [5.41, 5.74) is 1.64. The minimum Gasteiger partial charge on any atom is -0.465 e. The van der Waals surface area contributed by atoms with Crippen LogP contribution >= 0.6 is 0 Å². The van der Waals surface area contributed by atoms with Crippen LogP contribution in [-0.4, -0.2) is 36.6 Å². The zero-order valence-electron chi connectivity index (χ0n) is 12.4. The molecule has 0 aliphatic rings. The number of nitrogens with one attached hydrogen (secondary N) is 1. The normalized spacial score (nSPS) is 10.7. The standard InChI is InChI=1S/C15H13N5O3/c1-8(21)10-4-3-5-11(6-10)14-17-12(18-15(22)23)7-13-16-9(2)19-20(13)14/h3-7,18H,1-2H3,(H,22,23). The smallest absolute Gasteiger partial charge is 0.410 e. The maximum absolute atomic E-state index is 11.6. The van der Waals surface area contributed by atoms with Gasteiger partial charge in [0.15, 0.2) is 17.3 Å². The van der Waals surface area contributed by atoms with Crippen molar-refractivity contribution in [2.75, 3.05) is 5.32 Å². The zero-order chi connectivity index (χ0) is 16.6. The van der Waals surface area contributed by atoms with Crippen LogP contribution in [0.1, 0.15) is 23.1 Å². The van der Waals surface area contributed by atoms with E-state index >= 15 is 0 Å². The topological polar surface area (TPSA) is 109 Å².